The third-order valence-corrected chi connectivity index (χ3v) is 11.6. The zero-order chi connectivity index (χ0) is 28.7. The molecule has 2 aromatic carbocycles. The van der Waals surface area contributed by atoms with Gasteiger partial charge in [0.05, 0.1) is 0 Å². The van der Waals surface area contributed by atoms with Crippen LogP contribution >= 0.6 is 22.7 Å². The van der Waals surface area contributed by atoms with Crippen LogP contribution in [-0.4, -0.2) is 0 Å². The fraction of sp³-hybridized carbons (Fsp3) is 0.524. The normalized spacial score (nSPS) is 12.5. The average Bonchev–Trinajstić information content (AvgIpc) is 3.70. The fourth-order valence-corrected chi connectivity index (χ4v) is 8.99. The number of unbranched alkanes of at least 4 members (excludes halogenated alkanes) is 10. The molecule has 0 bridgehead atoms. The van der Waals surface area contributed by atoms with Crippen LogP contribution < -0.4 is 0 Å². The second-order valence-corrected chi connectivity index (χ2v) is 14.9. The number of fused-ring (bicyclic) bond motifs is 3. The van der Waals surface area contributed by atoms with E-state index >= 15 is 0 Å². The Bertz CT molecular complexity index is 1380. The highest BCUT2D eigenvalue weighted by molar-refractivity contribution is 7.23. The van der Waals surface area contributed by atoms with Crippen molar-refractivity contribution in [3.05, 3.63) is 82.2 Å². The van der Waals surface area contributed by atoms with E-state index in [1.807, 2.05) is 22.7 Å². The molecule has 0 spiro atoms. The SMILES string of the molecule is C.C.C.CCCCCCCCC1(CCCCCCCC)c2cc(C)ccc2-c2ccc(-c3ccc(-c4ccc(C)s4)s3)cc21. The lowest BCUT2D eigenvalue weighted by molar-refractivity contribution is 0.398. The molecule has 0 saturated carbocycles. The van der Waals surface area contributed by atoms with E-state index in [2.05, 4.69) is 88.4 Å². The standard InChI is InChI=1S/C39H50S2.3CH4/c1-5-7-9-11-13-15-25-39(26-16-14-12-10-8-6-2)34-27-29(3)17-20-32(34)33-21-19-31(28-35(33)39)36-23-24-38(41-36)37-22-18-30(4)40-37;;;/h17-24,27-28H,5-16,25-26H2,1-4H3;3*1H4. The predicted molar refractivity (Wildman–Crippen MR) is 205 cm³/mol. The van der Waals surface area contributed by atoms with Crippen molar-refractivity contribution in [1.82, 2.24) is 0 Å². The largest absolute Gasteiger partial charge is 0.140 e. The van der Waals surface area contributed by atoms with Crippen molar-refractivity contribution in [3.8, 4) is 31.3 Å². The molecule has 0 fully saturated rings. The molecule has 242 valence electrons. The topological polar surface area (TPSA) is 0 Å². The number of benzene rings is 2. The minimum absolute atomic E-state index is 0. The number of rotatable bonds is 16. The molecule has 44 heavy (non-hydrogen) atoms. The Balaban J connectivity index is 0.00000225. The molecule has 0 atom stereocenters. The van der Waals surface area contributed by atoms with Gasteiger partial charge in [-0.3, -0.25) is 0 Å². The van der Waals surface area contributed by atoms with Gasteiger partial charge in [-0.25, -0.2) is 0 Å². The minimum atomic E-state index is 0. The number of hydrogen-bond acceptors (Lipinski definition) is 2. The van der Waals surface area contributed by atoms with E-state index in [0.717, 1.165) is 0 Å². The lowest BCUT2D eigenvalue weighted by Gasteiger charge is -2.33. The molecule has 0 N–H and O–H groups in total. The molecule has 0 radical (unpaired) electrons. The molecule has 2 aromatic heterocycles. The average molecular weight is 631 g/mol. The van der Waals surface area contributed by atoms with Crippen LogP contribution in [0.2, 0.25) is 0 Å². The molecule has 0 unspecified atom stereocenters. The van der Waals surface area contributed by atoms with Gasteiger partial charge >= 0.3 is 0 Å². The zero-order valence-electron chi connectivity index (χ0n) is 26.0. The van der Waals surface area contributed by atoms with Crippen LogP contribution in [-0.2, 0) is 5.41 Å². The van der Waals surface area contributed by atoms with Gasteiger partial charge in [0.15, 0.2) is 0 Å². The first-order valence-corrected chi connectivity index (χ1v) is 18.1. The lowest BCUT2D eigenvalue weighted by Crippen LogP contribution is -2.25. The lowest BCUT2D eigenvalue weighted by atomic mass is 9.70. The molecule has 0 amide bonds. The summed E-state index contributed by atoms with van der Waals surface area (Å²) < 4.78 is 0. The molecular weight excluding hydrogens is 569 g/mol. The van der Waals surface area contributed by atoms with E-state index in [9.17, 15) is 0 Å². The Kier molecular flexibility index (Phi) is 15.6. The molecule has 0 nitrogen and oxygen atoms in total. The smallest absolute Gasteiger partial charge is 0.0449 e. The van der Waals surface area contributed by atoms with Crippen LogP contribution in [0.15, 0.2) is 60.7 Å². The van der Waals surface area contributed by atoms with Gasteiger partial charge in [-0.05, 0) is 84.8 Å². The first-order valence-electron chi connectivity index (χ1n) is 16.5. The molecule has 5 rings (SSSR count). The molecule has 2 heterocycles. The van der Waals surface area contributed by atoms with Gasteiger partial charge in [-0.2, -0.15) is 0 Å². The Morgan fingerprint density at radius 1 is 0.500 bits per heavy atom. The van der Waals surface area contributed by atoms with Crippen molar-refractivity contribution in [2.75, 3.05) is 0 Å². The summed E-state index contributed by atoms with van der Waals surface area (Å²) in [5.41, 5.74) is 9.16. The summed E-state index contributed by atoms with van der Waals surface area (Å²) in [5, 5.41) is 0. The number of hydrogen-bond donors (Lipinski definition) is 0. The van der Waals surface area contributed by atoms with Gasteiger partial charge in [0.2, 0.25) is 0 Å². The summed E-state index contributed by atoms with van der Waals surface area (Å²) in [7, 11) is 0. The molecule has 4 aromatic rings. The summed E-state index contributed by atoms with van der Waals surface area (Å²) in [4.78, 5) is 5.56. The Morgan fingerprint density at radius 3 is 1.59 bits per heavy atom. The summed E-state index contributed by atoms with van der Waals surface area (Å²) in [6.45, 7) is 9.13. The van der Waals surface area contributed by atoms with E-state index in [1.165, 1.54) is 132 Å². The second kappa shape index (κ2) is 18.1. The maximum atomic E-state index is 2.61. The van der Waals surface area contributed by atoms with Crippen LogP contribution in [0.5, 0.6) is 0 Å². The van der Waals surface area contributed by atoms with E-state index in [1.54, 1.807) is 11.1 Å². The second-order valence-electron chi connectivity index (χ2n) is 12.5. The Morgan fingerprint density at radius 2 is 1.00 bits per heavy atom. The van der Waals surface area contributed by atoms with Gasteiger partial charge in [0, 0.05) is 24.9 Å². The summed E-state index contributed by atoms with van der Waals surface area (Å²) >= 11 is 3.86. The summed E-state index contributed by atoms with van der Waals surface area (Å²) in [6, 6.07) is 24.0. The molecule has 0 aliphatic heterocycles. The maximum absolute atomic E-state index is 2.61. The van der Waals surface area contributed by atoms with E-state index in [4.69, 9.17) is 0 Å². The van der Waals surface area contributed by atoms with E-state index < -0.39 is 0 Å². The minimum Gasteiger partial charge on any atom is -0.140 e. The van der Waals surface area contributed by atoms with Crippen molar-refractivity contribution in [2.24, 2.45) is 0 Å². The van der Waals surface area contributed by atoms with Crippen LogP contribution in [0.25, 0.3) is 31.3 Å². The monoisotopic (exact) mass is 630 g/mol. The Labute approximate surface area is 280 Å². The predicted octanol–water partition coefficient (Wildman–Crippen LogP) is 15.4. The first kappa shape index (κ1) is 38.0. The third kappa shape index (κ3) is 8.55. The summed E-state index contributed by atoms with van der Waals surface area (Å²) in [5.74, 6) is 0. The van der Waals surface area contributed by atoms with Crippen LogP contribution in [0.1, 0.15) is 148 Å². The first-order chi connectivity index (χ1) is 20.1. The fourth-order valence-electron chi connectivity index (χ4n) is 7.03. The van der Waals surface area contributed by atoms with Crippen molar-refractivity contribution in [3.63, 3.8) is 0 Å². The van der Waals surface area contributed by atoms with Gasteiger partial charge in [-0.1, -0.05) is 149 Å². The van der Waals surface area contributed by atoms with Crippen LogP contribution in [0.3, 0.4) is 0 Å². The number of aryl methyl sites for hydroxylation is 2. The van der Waals surface area contributed by atoms with Gasteiger partial charge in [0.25, 0.3) is 0 Å². The van der Waals surface area contributed by atoms with Gasteiger partial charge in [0.1, 0.15) is 0 Å². The van der Waals surface area contributed by atoms with Gasteiger partial charge < -0.3 is 0 Å². The zero-order valence-corrected chi connectivity index (χ0v) is 27.6. The summed E-state index contributed by atoms with van der Waals surface area (Å²) in [6.07, 6.45) is 18.9. The van der Waals surface area contributed by atoms with Crippen LogP contribution in [0, 0.1) is 13.8 Å². The highest BCUT2D eigenvalue weighted by atomic mass is 32.1. The van der Waals surface area contributed by atoms with Crippen molar-refractivity contribution < 1.29 is 0 Å². The van der Waals surface area contributed by atoms with E-state index in [0.29, 0.717) is 0 Å². The van der Waals surface area contributed by atoms with Crippen LogP contribution in [0.4, 0.5) is 0 Å². The van der Waals surface area contributed by atoms with Gasteiger partial charge in [-0.15, -0.1) is 22.7 Å². The van der Waals surface area contributed by atoms with Crippen molar-refractivity contribution >= 4 is 22.7 Å². The Hall–Kier alpha value is -2.16. The molecule has 1 aliphatic rings. The molecule has 2 heteroatoms. The van der Waals surface area contributed by atoms with Crippen molar-refractivity contribution in [1.29, 1.82) is 0 Å². The highest BCUT2D eigenvalue weighted by Crippen LogP contribution is 2.55. The van der Waals surface area contributed by atoms with Crippen molar-refractivity contribution in [2.45, 2.75) is 145 Å². The molecular formula is C42H62S2. The van der Waals surface area contributed by atoms with E-state index in [-0.39, 0.29) is 27.7 Å². The third-order valence-electron chi connectivity index (χ3n) is 9.30. The molecule has 1 aliphatic carbocycles. The number of thiophene rings is 2. The quantitative estimate of drug-likeness (QED) is 0.108. The highest BCUT2D eigenvalue weighted by Gasteiger charge is 2.42. The molecule has 0 saturated heterocycles. The maximum Gasteiger partial charge on any atom is 0.0449 e.